The van der Waals surface area contributed by atoms with E-state index in [2.05, 4.69) is 29.0 Å². The normalized spacial score (nSPS) is 12.6. The van der Waals surface area contributed by atoms with Gasteiger partial charge in [0.05, 0.1) is 6.54 Å². The average Bonchev–Trinajstić information content (AvgIpc) is 2.84. The highest BCUT2D eigenvalue weighted by molar-refractivity contribution is 5.79. The molecular formula is C12H23N5O. The van der Waals surface area contributed by atoms with E-state index in [1.165, 1.54) is 0 Å². The highest BCUT2D eigenvalue weighted by Gasteiger charge is 2.08. The molecule has 0 saturated heterocycles. The fourth-order valence-corrected chi connectivity index (χ4v) is 1.81. The van der Waals surface area contributed by atoms with Crippen LogP contribution in [0.25, 0.3) is 0 Å². The Kier molecular flexibility index (Phi) is 6.21. The Balaban J connectivity index is 2.39. The fraction of sp³-hybridized carbons (Fsp3) is 0.667. The van der Waals surface area contributed by atoms with Crippen molar-refractivity contribution in [3.05, 3.63) is 18.5 Å². The molecule has 0 aliphatic rings. The second kappa shape index (κ2) is 7.71. The second-order valence-corrected chi connectivity index (χ2v) is 4.80. The number of nitrogens with zero attached hydrogens (tertiary/aromatic N) is 4. The monoisotopic (exact) mass is 253 g/mol. The molecule has 102 valence electrons. The Morgan fingerprint density at radius 1 is 1.50 bits per heavy atom. The van der Waals surface area contributed by atoms with Crippen LogP contribution in [0.15, 0.2) is 23.6 Å². The van der Waals surface area contributed by atoms with Crippen molar-refractivity contribution in [3.8, 4) is 0 Å². The maximum Gasteiger partial charge on any atom is 0.140 e. The predicted molar refractivity (Wildman–Crippen MR) is 71.5 cm³/mol. The number of aromatic nitrogens is 2. The van der Waals surface area contributed by atoms with Gasteiger partial charge in [0.2, 0.25) is 0 Å². The summed E-state index contributed by atoms with van der Waals surface area (Å²) in [5.41, 5.74) is 5.50. The quantitative estimate of drug-likeness (QED) is 0.313. The van der Waals surface area contributed by atoms with Crippen LogP contribution in [0.4, 0.5) is 0 Å². The molecule has 0 aromatic carbocycles. The number of rotatable bonds is 8. The molecule has 6 nitrogen and oxygen atoms in total. The van der Waals surface area contributed by atoms with Crippen molar-refractivity contribution in [3.63, 3.8) is 0 Å². The van der Waals surface area contributed by atoms with Gasteiger partial charge in [-0.1, -0.05) is 19.0 Å². The van der Waals surface area contributed by atoms with Crippen molar-refractivity contribution in [1.29, 1.82) is 0 Å². The molecule has 0 radical (unpaired) electrons. The summed E-state index contributed by atoms with van der Waals surface area (Å²) in [6, 6.07) is 1.92. The van der Waals surface area contributed by atoms with E-state index in [-0.39, 0.29) is 5.84 Å². The summed E-state index contributed by atoms with van der Waals surface area (Å²) >= 11 is 0. The van der Waals surface area contributed by atoms with Gasteiger partial charge in [-0.2, -0.15) is 5.10 Å². The number of oxime groups is 1. The largest absolute Gasteiger partial charge is 0.409 e. The summed E-state index contributed by atoms with van der Waals surface area (Å²) in [6.45, 7) is 7.94. The van der Waals surface area contributed by atoms with E-state index in [0.717, 1.165) is 26.2 Å². The number of hydrogen-bond donors (Lipinski definition) is 2. The van der Waals surface area contributed by atoms with Gasteiger partial charge >= 0.3 is 0 Å². The molecule has 0 amide bonds. The third-order valence-electron chi connectivity index (χ3n) is 2.64. The molecule has 1 heterocycles. The van der Waals surface area contributed by atoms with Crippen LogP contribution < -0.4 is 5.73 Å². The Bertz CT molecular complexity index is 347. The van der Waals surface area contributed by atoms with Crippen molar-refractivity contribution in [1.82, 2.24) is 14.7 Å². The first-order valence-electron chi connectivity index (χ1n) is 6.28. The van der Waals surface area contributed by atoms with E-state index in [9.17, 15) is 0 Å². The zero-order valence-electron chi connectivity index (χ0n) is 11.2. The molecule has 0 spiro atoms. The average molecular weight is 253 g/mol. The maximum absolute atomic E-state index is 8.54. The van der Waals surface area contributed by atoms with Crippen LogP contribution in [0.5, 0.6) is 0 Å². The number of nitrogens with two attached hydrogens (primary N) is 1. The summed E-state index contributed by atoms with van der Waals surface area (Å²) in [6.07, 6.45) is 4.32. The summed E-state index contributed by atoms with van der Waals surface area (Å²) in [5, 5.41) is 15.7. The Hall–Kier alpha value is -1.56. The maximum atomic E-state index is 8.54. The first-order chi connectivity index (χ1) is 8.61. The first kappa shape index (κ1) is 14.5. The topological polar surface area (TPSA) is 79.7 Å². The molecular weight excluding hydrogens is 230 g/mol. The Labute approximate surface area is 108 Å². The molecule has 1 aromatic rings. The first-order valence-corrected chi connectivity index (χ1v) is 6.28. The lowest BCUT2D eigenvalue weighted by Gasteiger charge is -2.23. The summed E-state index contributed by atoms with van der Waals surface area (Å²) < 4.78 is 1.91. The minimum Gasteiger partial charge on any atom is -0.409 e. The van der Waals surface area contributed by atoms with Crippen LogP contribution in [0.2, 0.25) is 0 Å². The lowest BCUT2D eigenvalue weighted by atomic mass is 10.2. The van der Waals surface area contributed by atoms with E-state index in [4.69, 9.17) is 10.9 Å². The van der Waals surface area contributed by atoms with Gasteiger partial charge in [0.15, 0.2) is 0 Å². The Morgan fingerprint density at radius 2 is 2.28 bits per heavy atom. The van der Waals surface area contributed by atoms with Crippen molar-refractivity contribution in [2.45, 2.75) is 26.8 Å². The van der Waals surface area contributed by atoms with Crippen molar-refractivity contribution >= 4 is 5.84 Å². The van der Waals surface area contributed by atoms with E-state index in [0.29, 0.717) is 12.3 Å². The van der Waals surface area contributed by atoms with Crippen LogP contribution in [-0.4, -0.2) is 45.4 Å². The van der Waals surface area contributed by atoms with Gasteiger partial charge in [0.1, 0.15) is 5.84 Å². The third kappa shape index (κ3) is 5.67. The lowest BCUT2D eigenvalue weighted by molar-refractivity contribution is 0.236. The molecule has 0 aliphatic carbocycles. The van der Waals surface area contributed by atoms with Gasteiger partial charge in [-0.15, -0.1) is 0 Å². The van der Waals surface area contributed by atoms with E-state index in [1.54, 1.807) is 6.20 Å². The summed E-state index contributed by atoms with van der Waals surface area (Å²) in [7, 11) is 0. The zero-order chi connectivity index (χ0) is 13.4. The number of hydrogen-bond acceptors (Lipinski definition) is 4. The van der Waals surface area contributed by atoms with Crippen molar-refractivity contribution in [2.75, 3.05) is 19.6 Å². The summed E-state index contributed by atoms with van der Waals surface area (Å²) in [5.74, 6) is 0.873. The van der Waals surface area contributed by atoms with Gasteiger partial charge < -0.3 is 15.8 Å². The van der Waals surface area contributed by atoms with Crippen LogP contribution in [0, 0.1) is 5.92 Å². The van der Waals surface area contributed by atoms with Crippen LogP contribution in [0.1, 0.15) is 20.3 Å². The molecule has 0 bridgehead atoms. The molecule has 1 rings (SSSR count). The SMILES string of the molecule is CC(C)CN(CCC(N)=NO)CCn1cccn1. The zero-order valence-corrected chi connectivity index (χ0v) is 11.2. The summed E-state index contributed by atoms with van der Waals surface area (Å²) in [4.78, 5) is 2.31. The van der Waals surface area contributed by atoms with Crippen LogP contribution in [-0.2, 0) is 6.54 Å². The standard InChI is InChI=1S/C12H23N5O/c1-11(2)10-16(7-4-12(13)15-18)8-9-17-6-3-5-14-17/h3,5-6,11,18H,4,7-10H2,1-2H3,(H2,13,15). The fourth-order valence-electron chi connectivity index (χ4n) is 1.81. The van der Waals surface area contributed by atoms with E-state index < -0.39 is 0 Å². The van der Waals surface area contributed by atoms with Crippen LogP contribution in [0.3, 0.4) is 0 Å². The molecule has 0 saturated carbocycles. The van der Waals surface area contributed by atoms with Gasteiger partial charge in [-0.3, -0.25) is 4.68 Å². The van der Waals surface area contributed by atoms with Gasteiger partial charge in [-0.05, 0) is 12.0 Å². The molecule has 3 N–H and O–H groups in total. The van der Waals surface area contributed by atoms with Gasteiger partial charge in [-0.25, -0.2) is 0 Å². The van der Waals surface area contributed by atoms with Crippen molar-refractivity contribution in [2.24, 2.45) is 16.8 Å². The van der Waals surface area contributed by atoms with Gasteiger partial charge in [0.25, 0.3) is 0 Å². The Morgan fingerprint density at radius 3 is 2.83 bits per heavy atom. The predicted octanol–water partition coefficient (Wildman–Crippen LogP) is 0.978. The minimum absolute atomic E-state index is 0.280. The van der Waals surface area contributed by atoms with E-state index in [1.807, 2.05) is 16.9 Å². The second-order valence-electron chi connectivity index (χ2n) is 4.80. The van der Waals surface area contributed by atoms with Gasteiger partial charge in [0, 0.05) is 38.4 Å². The molecule has 0 atom stereocenters. The molecule has 0 aliphatic heterocycles. The third-order valence-corrected chi connectivity index (χ3v) is 2.64. The van der Waals surface area contributed by atoms with E-state index >= 15 is 0 Å². The van der Waals surface area contributed by atoms with Crippen LogP contribution >= 0.6 is 0 Å². The minimum atomic E-state index is 0.280. The molecule has 18 heavy (non-hydrogen) atoms. The molecule has 0 fully saturated rings. The molecule has 6 heteroatoms. The number of amidine groups is 1. The smallest absolute Gasteiger partial charge is 0.140 e. The molecule has 1 aromatic heterocycles. The lowest BCUT2D eigenvalue weighted by Crippen LogP contribution is -2.34. The highest BCUT2D eigenvalue weighted by atomic mass is 16.4. The highest BCUT2D eigenvalue weighted by Crippen LogP contribution is 2.01. The van der Waals surface area contributed by atoms with Crippen molar-refractivity contribution < 1.29 is 5.21 Å². The molecule has 0 unspecified atom stereocenters.